The number of hydrogen-bond donors (Lipinski definition) is 0. The van der Waals surface area contributed by atoms with Gasteiger partial charge in [0.1, 0.15) is 11.4 Å². The lowest BCUT2D eigenvalue weighted by Crippen LogP contribution is -2.08. The van der Waals surface area contributed by atoms with Gasteiger partial charge >= 0.3 is 0 Å². The molecular formula is C14H17N3O. The van der Waals surface area contributed by atoms with Crippen molar-refractivity contribution in [3.8, 4) is 11.4 Å². The number of carbonyl (C=O) groups excluding carboxylic acids is 1. The van der Waals surface area contributed by atoms with Crippen LogP contribution in [0, 0.1) is 0 Å². The summed E-state index contributed by atoms with van der Waals surface area (Å²) in [4.78, 5) is 15.8. The van der Waals surface area contributed by atoms with E-state index in [9.17, 15) is 4.79 Å². The second kappa shape index (κ2) is 5.58. The summed E-state index contributed by atoms with van der Waals surface area (Å²) in [6, 6.07) is 7.50. The Labute approximate surface area is 107 Å². The molecule has 2 aromatic rings. The second-order valence-electron chi connectivity index (χ2n) is 4.26. The summed E-state index contributed by atoms with van der Waals surface area (Å²) in [6.07, 6.45) is 3.83. The molecule has 0 aliphatic heterocycles. The molecule has 18 heavy (non-hydrogen) atoms. The first-order valence-electron chi connectivity index (χ1n) is 6.22. The highest BCUT2D eigenvalue weighted by Gasteiger charge is 2.13. The molecule has 2 aromatic heterocycles. The van der Waals surface area contributed by atoms with Crippen molar-refractivity contribution in [2.45, 2.75) is 33.2 Å². The molecule has 4 heteroatoms. The summed E-state index contributed by atoms with van der Waals surface area (Å²) in [5.74, 6) is 0.0424. The summed E-state index contributed by atoms with van der Waals surface area (Å²) in [7, 11) is 0. The van der Waals surface area contributed by atoms with Crippen molar-refractivity contribution >= 4 is 5.78 Å². The molecule has 4 nitrogen and oxygen atoms in total. The molecule has 2 rings (SSSR count). The van der Waals surface area contributed by atoms with Crippen LogP contribution in [0.1, 0.15) is 37.2 Å². The van der Waals surface area contributed by atoms with E-state index in [0.717, 1.165) is 30.8 Å². The zero-order valence-electron chi connectivity index (χ0n) is 10.8. The van der Waals surface area contributed by atoms with E-state index >= 15 is 0 Å². The molecule has 0 atom stereocenters. The molecule has 2 heterocycles. The van der Waals surface area contributed by atoms with E-state index in [1.165, 1.54) is 0 Å². The lowest BCUT2D eigenvalue weighted by molar-refractivity contribution is 0.100. The van der Waals surface area contributed by atoms with Crippen LogP contribution in [0.2, 0.25) is 0 Å². The number of ketones is 1. The maximum Gasteiger partial charge on any atom is 0.177 e. The Balaban J connectivity index is 2.36. The molecule has 0 aromatic carbocycles. The number of nitrogens with zero attached hydrogens (tertiary/aromatic N) is 3. The first-order valence-corrected chi connectivity index (χ1v) is 6.22. The van der Waals surface area contributed by atoms with Crippen molar-refractivity contribution in [1.29, 1.82) is 0 Å². The van der Waals surface area contributed by atoms with Gasteiger partial charge in [0.05, 0.1) is 5.69 Å². The van der Waals surface area contributed by atoms with Gasteiger partial charge in [-0.15, -0.1) is 0 Å². The Morgan fingerprint density at radius 3 is 2.78 bits per heavy atom. The maximum absolute atomic E-state index is 11.6. The van der Waals surface area contributed by atoms with E-state index in [1.54, 1.807) is 17.8 Å². The Bertz CT molecular complexity index is 531. The normalized spacial score (nSPS) is 10.6. The molecule has 0 aliphatic rings. The Kier molecular flexibility index (Phi) is 3.87. The summed E-state index contributed by atoms with van der Waals surface area (Å²) < 4.78 is 1.79. The van der Waals surface area contributed by atoms with Crippen LogP contribution in [-0.4, -0.2) is 20.5 Å². The molecular weight excluding hydrogens is 226 g/mol. The fourth-order valence-corrected chi connectivity index (χ4v) is 1.82. The summed E-state index contributed by atoms with van der Waals surface area (Å²) in [5.41, 5.74) is 2.22. The van der Waals surface area contributed by atoms with Gasteiger partial charge < -0.3 is 0 Å². The van der Waals surface area contributed by atoms with E-state index in [1.807, 2.05) is 24.3 Å². The summed E-state index contributed by atoms with van der Waals surface area (Å²) >= 11 is 0. The lowest BCUT2D eigenvalue weighted by atomic mass is 10.2. The van der Waals surface area contributed by atoms with Crippen LogP contribution >= 0.6 is 0 Å². The number of pyridine rings is 1. The minimum absolute atomic E-state index is 0.0424. The molecule has 0 radical (unpaired) electrons. The van der Waals surface area contributed by atoms with Crippen molar-refractivity contribution in [2.75, 3.05) is 0 Å². The van der Waals surface area contributed by atoms with Crippen molar-refractivity contribution in [2.24, 2.45) is 0 Å². The van der Waals surface area contributed by atoms with Crippen LogP contribution in [0.25, 0.3) is 11.4 Å². The number of Topliss-reactive ketones (excluding diaryl/α,β-unsaturated/α-hetero) is 1. The molecule has 0 unspecified atom stereocenters. The van der Waals surface area contributed by atoms with Gasteiger partial charge in [0.25, 0.3) is 0 Å². The van der Waals surface area contributed by atoms with Gasteiger partial charge in [-0.3, -0.25) is 14.5 Å². The molecule has 0 saturated carbocycles. The number of unbranched alkanes of at least 4 members (excludes halogenated alkanes) is 1. The third kappa shape index (κ3) is 2.64. The number of carbonyl (C=O) groups is 1. The quantitative estimate of drug-likeness (QED) is 0.758. The minimum atomic E-state index is 0.0424. The number of hydrogen-bond acceptors (Lipinski definition) is 3. The van der Waals surface area contributed by atoms with Crippen molar-refractivity contribution in [1.82, 2.24) is 14.8 Å². The first-order chi connectivity index (χ1) is 8.72. The monoisotopic (exact) mass is 243 g/mol. The average molecular weight is 243 g/mol. The zero-order valence-corrected chi connectivity index (χ0v) is 10.8. The highest BCUT2D eigenvalue weighted by molar-refractivity contribution is 5.93. The van der Waals surface area contributed by atoms with Crippen molar-refractivity contribution in [3.05, 3.63) is 36.2 Å². The fraction of sp³-hybridized carbons (Fsp3) is 0.357. The van der Waals surface area contributed by atoms with Crippen LogP contribution in [0.4, 0.5) is 0 Å². The smallest absolute Gasteiger partial charge is 0.177 e. The molecule has 94 valence electrons. The highest BCUT2D eigenvalue weighted by atomic mass is 16.1. The third-order valence-electron chi connectivity index (χ3n) is 2.79. The predicted molar refractivity (Wildman–Crippen MR) is 70.4 cm³/mol. The maximum atomic E-state index is 11.6. The van der Waals surface area contributed by atoms with Crippen LogP contribution in [0.3, 0.4) is 0 Å². The topological polar surface area (TPSA) is 47.8 Å². The Morgan fingerprint density at radius 2 is 2.17 bits per heavy atom. The van der Waals surface area contributed by atoms with Crippen LogP contribution in [0.15, 0.2) is 30.5 Å². The number of aryl methyl sites for hydroxylation is 1. The van der Waals surface area contributed by atoms with Gasteiger partial charge in [0.15, 0.2) is 5.78 Å². The predicted octanol–water partition coefficient (Wildman–Crippen LogP) is 2.95. The van der Waals surface area contributed by atoms with Gasteiger partial charge in [-0.2, -0.15) is 5.10 Å². The molecule has 0 fully saturated rings. The van der Waals surface area contributed by atoms with Gasteiger partial charge in [-0.05, 0) is 24.6 Å². The van der Waals surface area contributed by atoms with Crippen molar-refractivity contribution in [3.63, 3.8) is 0 Å². The molecule has 0 N–H and O–H groups in total. The van der Waals surface area contributed by atoms with Crippen LogP contribution in [-0.2, 0) is 6.54 Å². The average Bonchev–Trinajstić information content (AvgIpc) is 2.81. The van der Waals surface area contributed by atoms with Crippen LogP contribution in [0.5, 0.6) is 0 Å². The molecule has 0 aliphatic carbocycles. The minimum Gasteiger partial charge on any atom is -0.293 e. The van der Waals surface area contributed by atoms with Gasteiger partial charge in [0.2, 0.25) is 0 Å². The summed E-state index contributed by atoms with van der Waals surface area (Å²) in [5, 5.41) is 4.47. The standard InChI is InChI=1S/C14H17N3O/c1-3-4-9-17-14(11(2)18)10-13(16-17)12-7-5-6-8-15-12/h5-8,10H,3-4,9H2,1-2H3. The number of rotatable bonds is 5. The van der Waals surface area contributed by atoms with E-state index in [4.69, 9.17) is 0 Å². The van der Waals surface area contributed by atoms with Gasteiger partial charge in [-0.25, -0.2) is 0 Å². The largest absolute Gasteiger partial charge is 0.293 e. The van der Waals surface area contributed by atoms with Gasteiger partial charge in [0, 0.05) is 19.7 Å². The zero-order chi connectivity index (χ0) is 13.0. The fourth-order valence-electron chi connectivity index (χ4n) is 1.82. The van der Waals surface area contributed by atoms with E-state index in [-0.39, 0.29) is 5.78 Å². The third-order valence-corrected chi connectivity index (χ3v) is 2.79. The lowest BCUT2D eigenvalue weighted by Gasteiger charge is -2.02. The molecule has 0 saturated heterocycles. The molecule has 0 spiro atoms. The van der Waals surface area contributed by atoms with Crippen LogP contribution < -0.4 is 0 Å². The summed E-state index contributed by atoms with van der Waals surface area (Å²) in [6.45, 7) is 4.47. The van der Waals surface area contributed by atoms with Gasteiger partial charge in [-0.1, -0.05) is 19.4 Å². The van der Waals surface area contributed by atoms with E-state index in [2.05, 4.69) is 17.0 Å². The second-order valence-corrected chi connectivity index (χ2v) is 4.26. The molecule has 0 bridgehead atoms. The Hall–Kier alpha value is -1.97. The van der Waals surface area contributed by atoms with E-state index < -0.39 is 0 Å². The highest BCUT2D eigenvalue weighted by Crippen LogP contribution is 2.17. The SMILES string of the molecule is CCCCn1nc(-c2ccccn2)cc1C(C)=O. The molecule has 0 amide bonds. The van der Waals surface area contributed by atoms with Crippen molar-refractivity contribution < 1.29 is 4.79 Å². The Morgan fingerprint density at radius 1 is 1.33 bits per heavy atom. The first kappa shape index (κ1) is 12.5. The number of aromatic nitrogens is 3. The van der Waals surface area contributed by atoms with E-state index in [0.29, 0.717) is 5.69 Å².